The first kappa shape index (κ1) is 19.9. The van der Waals surface area contributed by atoms with E-state index in [0.29, 0.717) is 49.6 Å². The molecule has 1 aliphatic heterocycles. The number of amides is 2. The zero-order chi connectivity index (χ0) is 21.4. The Labute approximate surface area is 174 Å². The molecule has 1 saturated heterocycles. The lowest BCUT2D eigenvalue weighted by Gasteiger charge is -2.34. The number of carbonyl (C=O) groups excluding carboxylic acids is 3. The largest absolute Gasteiger partial charge is 0.361 e. The summed E-state index contributed by atoms with van der Waals surface area (Å²) in [5, 5.41) is 5.27. The highest BCUT2D eigenvalue weighted by atomic mass is 16.2. The Morgan fingerprint density at radius 1 is 1.03 bits per heavy atom. The van der Waals surface area contributed by atoms with E-state index in [2.05, 4.69) is 10.1 Å². The van der Waals surface area contributed by atoms with Crippen molar-refractivity contribution in [2.45, 2.75) is 20.3 Å². The Hall–Kier alpha value is -3.42. The number of piperazine rings is 1. The Morgan fingerprint density at radius 3 is 2.37 bits per heavy atom. The van der Waals surface area contributed by atoms with Gasteiger partial charge in [-0.2, -0.15) is 5.10 Å². The van der Waals surface area contributed by atoms with Crippen molar-refractivity contribution < 1.29 is 14.4 Å². The number of ketones is 1. The van der Waals surface area contributed by atoms with Crippen molar-refractivity contribution in [3.8, 4) is 0 Å². The molecule has 30 heavy (non-hydrogen) atoms. The molecular formula is C22H25N5O3. The van der Waals surface area contributed by atoms with Crippen molar-refractivity contribution in [2.24, 2.45) is 7.05 Å². The normalized spacial score (nSPS) is 14.4. The number of H-pyrrole nitrogens is 1. The number of para-hydroxylation sites is 1. The lowest BCUT2D eigenvalue weighted by atomic mass is 10.1. The van der Waals surface area contributed by atoms with Gasteiger partial charge >= 0.3 is 0 Å². The number of Topliss-reactive ketones (excluding diaryl/α,β-unsaturated/α-hetero) is 1. The number of benzene rings is 1. The van der Waals surface area contributed by atoms with Gasteiger partial charge in [0.25, 0.3) is 11.7 Å². The molecule has 3 heterocycles. The van der Waals surface area contributed by atoms with Crippen LogP contribution < -0.4 is 0 Å². The summed E-state index contributed by atoms with van der Waals surface area (Å²) in [6.45, 7) is 5.05. The first-order chi connectivity index (χ1) is 14.4. The molecular weight excluding hydrogens is 382 g/mol. The molecule has 1 aromatic carbocycles. The van der Waals surface area contributed by atoms with Crippen LogP contribution in [-0.4, -0.2) is 68.3 Å². The monoisotopic (exact) mass is 407 g/mol. The van der Waals surface area contributed by atoms with Gasteiger partial charge in [-0.15, -0.1) is 0 Å². The Kier molecular flexibility index (Phi) is 5.15. The second kappa shape index (κ2) is 7.78. The van der Waals surface area contributed by atoms with E-state index in [1.807, 2.05) is 30.5 Å². The minimum atomic E-state index is -0.531. The number of nitrogens with zero attached hydrogens (tertiary/aromatic N) is 4. The number of hydrogen-bond donors (Lipinski definition) is 1. The maximum Gasteiger partial charge on any atom is 0.295 e. The third-order valence-corrected chi connectivity index (χ3v) is 5.87. The van der Waals surface area contributed by atoms with Crippen LogP contribution in [-0.2, 0) is 23.1 Å². The second-order valence-corrected chi connectivity index (χ2v) is 7.71. The van der Waals surface area contributed by atoms with E-state index in [-0.39, 0.29) is 5.91 Å². The molecule has 0 aliphatic carbocycles. The molecule has 2 amide bonds. The van der Waals surface area contributed by atoms with E-state index in [9.17, 15) is 14.4 Å². The Balaban J connectivity index is 1.38. The molecule has 156 valence electrons. The van der Waals surface area contributed by atoms with Gasteiger partial charge in [-0.25, -0.2) is 0 Å². The molecule has 8 heteroatoms. The summed E-state index contributed by atoms with van der Waals surface area (Å²) in [5.74, 6) is -1.04. The lowest BCUT2D eigenvalue weighted by Crippen LogP contribution is -2.52. The lowest BCUT2D eigenvalue weighted by molar-refractivity contribution is -0.136. The number of rotatable bonds is 4. The number of aromatic nitrogens is 3. The van der Waals surface area contributed by atoms with Crippen molar-refractivity contribution in [1.82, 2.24) is 24.6 Å². The van der Waals surface area contributed by atoms with E-state index in [1.54, 1.807) is 30.5 Å². The van der Waals surface area contributed by atoms with Gasteiger partial charge in [0.05, 0.1) is 17.7 Å². The third kappa shape index (κ3) is 3.49. The van der Waals surface area contributed by atoms with Crippen LogP contribution in [0, 0.1) is 13.8 Å². The van der Waals surface area contributed by atoms with Gasteiger partial charge in [0, 0.05) is 56.0 Å². The molecule has 1 N–H and O–H groups in total. The fourth-order valence-electron chi connectivity index (χ4n) is 4.06. The van der Waals surface area contributed by atoms with Crippen LogP contribution in [0.4, 0.5) is 0 Å². The smallest absolute Gasteiger partial charge is 0.295 e. The number of hydrogen-bond acceptors (Lipinski definition) is 4. The molecule has 0 unspecified atom stereocenters. The summed E-state index contributed by atoms with van der Waals surface area (Å²) < 4.78 is 1.61. The second-order valence-electron chi connectivity index (χ2n) is 7.71. The number of aromatic amines is 1. The van der Waals surface area contributed by atoms with Gasteiger partial charge in [0.1, 0.15) is 0 Å². The number of fused-ring (bicyclic) bond motifs is 1. The Bertz CT molecular complexity index is 1140. The molecule has 0 saturated carbocycles. The van der Waals surface area contributed by atoms with Crippen molar-refractivity contribution in [3.05, 3.63) is 53.0 Å². The van der Waals surface area contributed by atoms with Crippen molar-refractivity contribution in [2.75, 3.05) is 26.2 Å². The molecule has 3 aromatic rings. The molecule has 0 bridgehead atoms. The summed E-state index contributed by atoms with van der Waals surface area (Å²) in [5.41, 5.74) is 3.58. The summed E-state index contributed by atoms with van der Waals surface area (Å²) in [7, 11) is 1.75. The topological polar surface area (TPSA) is 91.3 Å². The van der Waals surface area contributed by atoms with Gasteiger partial charge in [-0.3, -0.25) is 19.1 Å². The van der Waals surface area contributed by atoms with Gasteiger partial charge in [-0.1, -0.05) is 18.2 Å². The molecule has 0 atom stereocenters. The highest BCUT2D eigenvalue weighted by Gasteiger charge is 2.31. The minimum Gasteiger partial charge on any atom is -0.361 e. The zero-order valence-electron chi connectivity index (χ0n) is 17.4. The first-order valence-corrected chi connectivity index (χ1v) is 10.0. The predicted octanol–water partition coefficient (Wildman–Crippen LogP) is 1.61. The summed E-state index contributed by atoms with van der Waals surface area (Å²) in [6, 6.07) is 7.89. The van der Waals surface area contributed by atoms with Crippen LogP contribution in [0.2, 0.25) is 0 Å². The average Bonchev–Trinajstić information content (AvgIpc) is 3.27. The molecule has 1 fully saturated rings. The van der Waals surface area contributed by atoms with Crippen LogP contribution in [0.5, 0.6) is 0 Å². The molecule has 2 aromatic heterocycles. The van der Waals surface area contributed by atoms with Crippen LogP contribution in [0.1, 0.15) is 27.3 Å². The number of nitrogens with one attached hydrogen (secondary N) is 1. The highest BCUT2D eigenvalue weighted by Crippen LogP contribution is 2.19. The van der Waals surface area contributed by atoms with Crippen molar-refractivity contribution >= 4 is 28.5 Å². The fraction of sp³-hybridized carbons (Fsp3) is 0.364. The van der Waals surface area contributed by atoms with E-state index >= 15 is 0 Å². The van der Waals surface area contributed by atoms with Crippen LogP contribution in [0.25, 0.3) is 10.9 Å². The average molecular weight is 407 g/mol. The predicted molar refractivity (Wildman–Crippen MR) is 112 cm³/mol. The first-order valence-electron chi connectivity index (χ1n) is 10.0. The maximum atomic E-state index is 12.8. The van der Waals surface area contributed by atoms with Crippen LogP contribution in [0.3, 0.4) is 0 Å². The molecule has 0 spiro atoms. The summed E-state index contributed by atoms with van der Waals surface area (Å²) >= 11 is 0. The number of aryl methyl sites for hydroxylation is 2. The Morgan fingerprint density at radius 2 is 1.70 bits per heavy atom. The molecule has 8 nitrogen and oxygen atoms in total. The number of carbonyl (C=O) groups is 3. The summed E-state index contributed by atoms with van der Waals surface area (Å²) in [4.78, 5) is 44.7. The quantitative estimate of drug-likeness (QED) is 0.526. The fourth-order valence-corrected chi connectivity index (χ4v) is 4.06. The van der Waals surface area contributed by atoms with E-state index in [0.717, 1.165) is 16.5 Å². The van der Waals surface area contributed by atoms with E-state index < -0.39 is 11.7 Å². The van der Waals surface area contributed by atoms with Gasteiger partial charge in [0.15, 0.2) is 0 Å². The SMILES string of the molecule is Cc1nn(C)c(C)c1C(=O)C(=O)N1CCN(C(=O)Cc2c[nH]c3ccccc23)CC1. The van der Waals surface area contributed by atoms with Crippen LogP contribution in [0.15, 0.2) is 30.5 Å². The highest BCUT2D eigenvalue weighted by molar-refractivity contribution is 6.43. The third-order valence-electron chi connectivity index (χ3n) is 5.87. The minimum absolute atomic E-state index is 0.0251. The van der Waals surface area contributed by atoms with E-state index in [4.69, 9.17) is 0 Å². The summed E-state index contributed by atoms with van der Waals surface area (Å²) in [6.07, 6.45) is 2.19. The maximum absolute atomic E-state index is 12.8. The van der Waals surface area contributed by atoms with E-state index in [1.165, 1.54) is 4.90 Å². The molecule has 0 radical (unpaired) electrons. The standard InChI is InChI=1S/C22H25N5O3/c1-14-20(15(2)25(3)24-14)21(29)22(30)27-10-8-26(9-11-27)19(28)12-16-13-23-18-7-5-4-6-17(16)18/h4-7,13,23H,8-12H2,1-3H3. The van der Waals surface area contributed by atoms with Gasteiger partial charge in [-0.05, 0) is 25.5 Å². The van der Waals surface area contributed by atoms with Crippen LogP contribution >= 0.6 is 0 Å². The zero-order valence-corrected chi connectivity index (χ0v) is 17.4. The molecule has 4 rings (SSSR count). The van der Waals surface area contributed by atoms with Gasteiger partial charge < -0.3 is 14.8 Å². The van der Waals surface area contributed by atoms with Gasteiger partial charge in [0.2, 0.25) is 5.91 Å². The van der Waals surface area contributed by atoms with Crippen molar-refractivity contribution in [1.29, 1.82) is 0 Å². The molecule has 1 aliphatic rings. The van der Waals surface area contributed by atoms with Crippen molar-refractivity contribution in [3.63, 3.8) is 0 Å².